The summed E-state index contributed by atoms with van der Waals surface area (Å²) in [5, 5.41) is 24.4. The maximum Gasteiger partial charge on any atom is 0.124 e. The zero-order chi connectivity index (χ0) is 15.5. The lowest BCUT2D eigenvalue weighted by molar-refractivity contribution is 0.146. The highest BCUT2D eigenvalue weighted by molar-refractivity contribution is 6.32. The first-order chi connectivity index (χ1) is 10.6. The summed E-state index contributed by atoms with van der Waals surface area (Å²) < 4.78 is 14.6. The summed E-state index contributed by atoms with van der Waals surface area (Å²) >= 11 is 6.00. The Balaban J connectivity index is 1.59. The Kier molecular flexibility index (Phi) is 4.68. The fraction of sp³-hybridized carbons (Fsp3) is 0.429. The molecular weight excluding hydrogens is 309 g/mol. The summed E-state index contributed by atoms with van der Waals surface area (Å²) in [4.78, 5) is 0. The first-order valence-electron chi connectivity index (χ1n) is 7.09. The topological polar surface area (TPSA) is 75.0 Å². The zero-order valence-electron chi connectivity index (χ0n) is 11.8. The van der Waals surface area contributed by atoms with Crippen LogP contribution in [-0.2, 0) is 6.54 Å². The fourth-order valence-electron chi connectivity index (χ4n) is 2.48. The lowest BCUT2D eigenvalue weighted by Crippen LogP contribution is -2.30. The van der Waals surface area contributed by atoms with Crippen molar-refractivity contribution in [3.05, 3.63) is 40.9 Å². The van der Waals surface area contributed by atoms with Gasteiger partial charge in [-0.2, -0.15) is 0 Å². The van der Waals surface area contributed by atoms with Gasteiger partial charge in [-0.25, -0.2) is 9.07 Å². The molecule has 6 nitrogen and oxygen atoms in total. The van der Waals surface area contributed by atoms with Crippen LogP contribution in [0.5, 0.6) is 0 Å². The molecule has 1 aromatic heterocycles. The van der Waals surface area contributed by atoms with Crippen molar-refractivity contribution in [3.63, 3.8) is 0 Å². The number of hydrogen-bond donors (Lipinski definition) is 3. The van der Waals surface area contributed by atoms with Crippen molar-refractivity contribution in [1.82, 2.24) is 25.6 Å². The van der Waals surface area contributed by atoms with E-state index >= 15 is 0 Å². The lowest BCUT2D eigenvalue weighted by atomic mass is 10.1. The van der Waals surface area contributed by atoms with Crippen LogP contribution in [0.2, 0.25) is 5.02 Å². The van der Waals surface area contributed by atoms with Crippen LogP contribution in [-0.4, -0.2) is 45.8 Å². The van der Waals surface area contributed by atoms with Gasteiger partial charge in [-0.3, -0.25) is 0 Å². The van der Waals surface area contributed by atoms with E-state index in [1.165, 1.54) is 16.8 Å². The Hall–Kier alpha value is -1.54. The molecule has 22 heavy (non-hydrogen) atoms. The Morgan fingerprint density at radius 3 is 3.05 bits per heavy atom. The molecule has 0 radical (unpaired) electrons. The molecule has 0 spiro atoms. The molecule has 0 bridgehead atoms. The lowest BCUT2D eigenvalue weighted by Gasteiger charge is -2.13. The summed E-state index contributed by atoms with van der Waals surface area (Å²) in [5.74, 6) is -0.180. The Morgan fingerprint density at radius 2 is 2.32 bits per heavy atom. The predicted octanol–water partition coefficient (Wildman–Crippen LogP) is 0.730. The summed E-state index contributed by atoms with van der Waals surface area (Å²) in [7, 11) is 0. The van der Waals surface area contributed by atoms with Crippen LogP contribution in [0.3, 0.4) is 0 Å². The number of halogens is 2. The monoisotopic (exact) mass is 325 g/mol. The SMILES string of the molecule is OC1CNCC1CNCc1cn(-c2ccc(F)cc2Cl)nn1. The maximum absolute atomic E-state index is 13.0. The van der Waals surface area contributed by atoms with Crippen LogP contribution in [0.4, 0.5) is 4.39 Å². The molecule has 3 N–H and O–H groups in total. The normalized spacial score (nSPS) is 21.4. The molecule has 1 fully saturated rings. The molecule has 2 heterocycles. The van der Waals surface area contributed by atoms with Crippen LogP contribution < -0.4 is 10.6 Å². The third kappa shape index (κ3) is 3.44. The fourth-order valence-corrected chi connectivity index (χ4v) is 2.73. The molecule has 2 atom stereocenters. The number of rotatable bonds is 5. The molecular formula is C14H17ClFN5O. The van der Waals surface area contributed by atoms with Gasteiger partial charge in [-0.05, 0) is 18.2 Å². The smallest absolute Gasteiger partial charge is 0.124 e. The number of nitrogens with zero attached hydrogens (tertiary/aromatic N) is 3. The zero-order valence-corrected chi connectivity index (χ0v) is 12.6. The second kappa shape index (κ2) is 6.70. The quantitative estimate of drug-likeness (QED) is 0.755. The Morgan fingerprint density at radius 1 is 1.45 bits per heavy atom. The Labute approximate surface area is 132 Å². The van der Waals surface area contributed by atoms with Crippen molar-refractivity contribution in [3.8, 4) is 5.69 Å². The molecule has 0 aliphatic carbocycles. The Bertz CT molecular complexity index is 650. The van der Waals surface area contributed by atoms with Crippen molar-refractivity contribution in [2.24, 2.45) is 5.92 Å². The third-order valence-corrected chi connectivity index (χ3v) is 4.02. The van der Waals surface area contributed by atoms with Gasteiger partial charge >= 0.3 is 0 Å². The molecule has 2 aromatic rings. The van der Waals surface area contributed by atoms with E-state index in [4.69, 9.17) is 11.6 Å². The number of aliphatic hydroxyl groups is 1. The average Bonchev–Trinajstić information content (AvgIpc) is 3.09. The van der Waals surface area contributed by atoms with Crippen LogP contribution in [0.25, 0.3) is 5.69 Å². The molecule has 3 rings (SSSR count). The molecule has 1 aromatic carbocycles. The van der Waals surface area contributed by atoms with E-state index < -0.39 is 0 Å². The third-order valence-electron chi connectivity index (χ3n) is 3.71. The van der Waals surface area contributed by atoms with Crippen LogP contribution in [0.1, 0.15) is 5.69 Å². The van der Waals surface area contributed by atoms with E-state index in [2.05, 4.69) is 20.9 Å². The summed E-state index contributed by atoms with van der Waals surface area (Å²) in [6.45, 7) is 2.71. The highest BCUT2D eigenvalue weighted by atomic mass is 35.5. The summed E-state index contributed by atoms with van der Waals surface area (Å²) in [6, 6.07) is 4.13. The molecule has 118 valence electrons. The molecule has 1 saturated heterocycles. The number of aromatic nitrogens is 3. The number of β-amino-alcohol motifs (C(OH)–C–C–N with tert-alkyl or cyclic N) is 1. The standard InChI is InChI=1S/C14H17ClFN5O/c15-12-3-10(16)1-2-13(12)21-8-11(19-20-21)6-17-4-9-5-18-7-14(9)22/h1-3,8-9,14,17-18,22H,4-7H2. The van der Waals surface area contributed by atoms with E-state index in [0.29, 0.717) is 25.3 Å². The number of benzene rings is 1. The van der Waals surface area contributed by atoms with Crippen LogP contribution >= 0.6 is 11.6 Å². The van der Waals surface area contributed by atoms with Crippen molar-refractivity contribution < 1.29 is 9.50 Å². The van der Waals surface area contributed by atoms with Gasteiger partial charge in [0, 0.05) is 32.1 Å². The molecule has 2 unspecified atom stereocenters. The second-order valence-electron chi connectivity index (χ2n) is 5.37. The number of hydrogen-bond acceptors (Lipinski definition) is 5. The van der Waals surface area contributed by atoms with Crippen molar-refractivity contribution in [2.45, 2.75) is 12.6 Å². The number of aliphatic hydroxyl groups excluding tert-OH is 1. The van der Waals surface area contributed by atoms with Crippen molar-refractivity contribution in [2.75, 3.05) is 19.6 Å². The molecule has 0 saturated carbocycles. The molecule has 1 aliphatic heterocycles. The van der Waals surface area contributed by atoms with E-state index in [9.17, 15) is 9.50 Å². The van der Waals surface area contributed by atoms with Crippen LogP contribution in [0, 0.1) is 11.7 Å². The first kappa shape index (κ1) is 15.4. The second-order valence-corrected chi connectivity index (χ2v) is 5.77. The predicted molar refractivity (Wildman–Crippen MR) is 80.4 cm³/mol. The summed E-state index contributed by atoms with van der Waals surface area (Å²) in [6.07, 6.45) is 1.44. The van der Waals surface area contributed by atoms with Gasteiger partial charge in [0.2, 0.25) is 0 Å². The minimum absolute atomic E-state index is 0.210. The minimum atomic E-state index is -0.389. The van der Waals surface area contributed by atoms with Gasteiger partial charge in [0.05, 0.1) is 28.7 Å². The highest BCUT2D eigenvalue weighted by Gasteiger charge is 2.24. The first-order valence-corrected chi connectivity index (χ1v) is 7.47. The van der Waals surface area contributed by atoms with Gasteiger partial charge in [0.25, 0.3) is 0 Å². The van der Waals surface area contributed by atoms with Gasteiger partial charge in [0.1, 0.15) is 5.82 Å². The van der Waals surface area contributed by atoms with E-state index in [0.717, 1.165) is 12.2 Å². The molecule has 8 heteroatoms. The minimum Gasteiger partial charge on any atom is -0.391 e. The van der Waals surface area contributed by atoms with Crippen molar-refractivity contribution >= 4 is 11.6 Å². The van der Waals surface area contributed by atoms with E-state index in [1.807, 2.05) is 0 Å². The molecule has 0 amide bonds. The van der Waals surface area contributed by atoms with Gasteiger partial charge < -0.3 is 15.7 Å². The van der Waals surface area contributed by atoms with Gasteiger partial charge in [-0.1, -0.05) is 16.8 Å². The highest BCUT2D eigenvalue weighted by Crippen LogP contribution is 2.20. The van der Waals surface area contributed by atoms with Crippen molar-refractivity contribution in [1.29, 1.82) is 0 Å². The van der Waals surface area contributed by atoms with E-state index in [1.54, 1.807) is 12.3 Å². The summed E-state index contributed by atoms with van der Waals surface area (Å²) in [5.41, 5.74) is 1.33. The largest absolute Gasteiger partial charge is 0.391 e. The number of nitrogens with one attached hydrogen (secondary N) is 2. The maximum atomic E-state index is 13.0. The van der Waals surface area contributed by atoms with Gasteiger partial charge in [-0.15, -0.1) is 5.10 Å². The average molecular weight is 326 g/mol. The van der Waals surface area contributed by atoms with Crippen LogP contribution in [0.15, 0.2) is 24.4 Å². The van der Waals surface area contributed by atoms with Gasteiger partial charge in [0.15, 0.2) is 0 Å². The van der Waals surface area contributed by atoms with E-state index in [-0.39, 0.29) is 22.9 Å². The molecule has 1 aliphatic rings.